The number of carboxylic acids is 1. The number of rotatable bonds is 6. The van der Waals surface area contributed by atoms with Crippen LogP contribution >= 0.6 is 0 Å². The van der Waals surface area contributed by atoms with E-state index in [0.717, 1.165) is 51.7 Å². The number of hydrogen-bond donors (Lipinski definition) is 2. The normalized spacial score (nSPS) is 31.9. The summed E-state index contributed by atoms with van der Waals surface area (Å²) in [5.41, 5.74) is -0.377. The van der Waals surface area contributed by atoms with Gasteiger partial charge < -0.3 is 15.1 Å². The molecule has 2 atom stereocenters. The molecule has 2 N–H and O–H groups in total. The molecule has 2 unspecified atom stereocenters. The maximum Gasteiger partial charge on any atom is 0.303 e. The highest BCUT2D eigenvalue weighted by atomic mass is 16.4. The molecule has 0 aromatic rings. The standard InChI is InChI=1S/C15H27NO3/c17-14(18)7-2-1-5-10-16-11-9-15(19)8-4-3-6-13(15)12-16/h13,19H,1-12H2,(H,17,18). The van der Waals surface area contributed by atoms with Crippen LogP contribution in [0.25, 0.3) is 0 Å². The van der Waals surface area contributed by atoms with Crippen molar-refractivity contribution < 1.29 is 15.0 Å². The first kappa shape index (κ1) is 14.8. The zero-order chi connectivity index (χ0) is 13.7. The van der Waals surface area contributed by atoms with Gasteiger partial charge in [0.15, 0.2) is 0 Å². The second kappa shape index (κ2) is 6.71. The minimum atomic E-state index is -0.690. The highest BCUT2D eigenvalue weighted by molar-refractivity contribution is 5.66. The van der Waals surface area contributed by atoms with Crippen molar-refractivity contribution >= 4 is 5.97 Å². The van der Waals surface area contributed by atoms with Gasteiger partial charge in [-0.25, -0.2) is 0 Å². The van der Waals surface area contributed by atoms with Crippen LogP contribution in [0.1, 0.15) is 57.8 Å². The average Bonchev–Trinajstić information content (AvgIpc) is 2.38. The van der Waals surface area contributed by atoms with Crippen molar-refractivity contribution in [2.24, 2.45) is 5.92 Å². The summed E-state index contributed by atoms with van der Waals surface area (Å²) in [6.45, 7) is 3.10. The van der Waals surface area contributed by atoms with Gasteiger partial charge in [0.2, 0.25) is 0 Å². The quantitative estimate of drug-likeness (QED) is 0.726. The molecular weight excluding hydrogens is 242 g/mol. The van der Waals surface area contributed by atoms with Crippen LogP contribution in [-0.4, -0.2) is 46.3 Å². The van der Waals surface area contributed by atoms with Gasteiger partial charge in [-0.3, -0.25) is 4.79 Å². The van der Waals surface area contributed by atoms with Crippen molar-refractivity contribution in [3.05, 3.63) is 0 Å². The summed E-state index contributed by atoms with van der Waals surface area (Å²) in [7, 11) is 0. The van der Waals surface area contributed by atoms with Crippen molar-refractivity contribution in [3.63, 3.8) is 0 Å². The fourth-order valence-electron chi connectivity index (χ4n) is 3.63. The Kier molecular flexibility index (Phi) is 5.22. The van der Waals surface area contributed by atoms with Crippen molar-refractivity contribution in [2.75, 3.05) is 19.6 Å². The van der Waals surface area contributed by atoms with Crippen molar-refractivity contribution in [2.45, 2.75) is 63.4 Å². The lowest BCUT2D eigenvalue weighted by Gasteiger charge is -2.47. The fourth-order valence-corrected chi connectivity index (χ4v) is 3.63. The number of unbranched alkanes of at least 4 members (excludes halogenated alkanes) is 2. The highest BCUT2D eigenvalue weighted by Gasteiger charge is 2.42. The first-order chi connectivity index (χ1) is 9.10. The van der Waals surface area contributed by atoms with Gasteiger partial charge in [-0.15, -0.1) is 0 Å². The third-order valence-electron chi connectivity index (χ3n) is 4.88. The van der Waals surface area contributed by atoms with E-state index in [1.807, 2.05) is 0 Å². The van der Waals surface area contributed by atoms with Crippen molar-refractivity contribution in [1.82, 2.24) is 4.90 Å². The third-order valence-corrected chi connectivity index (χ3v) is 4.88. The first-order valence-electron chi connectivity index (χ1n) is 7.77. The van der Waals surface area contributed by atoms with Gasteiger partial charge in [0, 0.05) is 25.4 Å². The van der Waals surface area contributed by atoms with Crippen molar-refractivity contribution in [1.29, 1.82) is 0 Å². The van der Waals surface area contributed by atoms with Gasteiger partial charge in [0.25, 0.3) is 0 Å². The number of nitrogens with zero attached hydrogens (tertiary/aromatic N) is 1. The molecule has 110 valence electrons. The number of aliphatic hydroxyl groups is 1. The Morgan fingerprint density at radius 1 is 1.21 bits per heavy atom. The van der Waals surface area contributed by atoms with E-state index in [1.54, 1.807) is 0 Å². The summed E-state index contributed by atoms with van der Waals surface area (Å²) in [5.74, 6) is -0.223. The number of hydrogen-bond acceptors (Lipinski definition) is 3. The van der Waals surface area contributed by atoms with Gasteiger partial charge in [0.05, 0.1) is 5.60 Å². The molecule has 4 heteroatoms. The molecule has 0 spiro atoms. The molecule has 19 heavy (non-hydrogen) atoms. The van der Waals surface area contributed by atoms with Gasteiger partial charge in [-0.2, -0.15) is 0 Å². The Balaban J connectivity index is 1.65. The Bertz CT molecular complexity index is 308. The maximum absolute atomic E-state index is 10.6. The van der Waals surface area contributed by atoms with E-state index in [9.17, 15) is 9.90 Å². The smallest absolute Gasteiger partial charge is 0.303 e. The SMILES string of the molecule is O=C(O)CCCCCN1CCC2(O)CCCCC2C1. The monoisotopic (exact) mass is 269 g/mol. The molecule has 0 aromatic carbocycles. The molecule has 1 aliphatic carbocycles. The number of fused-ring (bicyclic) bond motifs is 1. The summed E-state index contributed by atoms with van der Waals surface area (Å²) in [4.78, 5) is 12.9. The van der Waals surface area contributed by atoms with Crippen LogP contribution in [0.15, 0.2) is 0 Å². The molecule has 2 fully saturated rings. The van der Waals surface area contributed by atoms with Gasteiger partial charge in [-0.1, -0.05) is 19.3 Å². The van der Waals surface area contributed by atoms with Gasteiger partial charge in [0.1, 0.15) is 0 Å². The number of aliphatic carboxylic acids is 1. The number of carbonyl (C=O) groups is 1. The van der Waals surface area contributed by atoms with Crippen LogP contribution in [0.2, 0.25) is 0 Å². The molecule has 1 saturated carbocycles. The van der Waals surface area contributed by atoms with Crippen LogP contribution < -0.4 is 0 Å². The maximum atomic E-state index is 10.6. The van der Waals surface area contributed by atoms with Gasteiger partial charge in [-0.05, 0) is 38.6 Å². The van der Waals surface area contributed by atoms with E-state index in [0.29, 0.717) is 12.3 Å². The van der Waals surface area contributed by atoms with Crippen LogP contribution in [-0.2, 0) is 4.79 Å². The Morgan fingerprint density at radius 3 is 2.84 bits per heavy atom. The summed E-state index contributed by atoms with van der Waals surface area (Å²) in [6.07, 6.45) is 8.69. The second-order valence-corrected chi connectivity index (χ2v) is 6.30. The zero-order valence-corrected chi connectivity index (χ0v) is 11.8. The van der Waals surface area contributed by atoms with Crippen LogP contribution in [0.3, 0.4) is 0 Å². The largest absolute Gasteiger partial charge is 0.481 e. The molecule has 4 nitrogen and oxygen atoms in total. The van der Waals surface area contributed by atoms with Crippen LogP contribution in [0.5, 0.6) is 0 Å². The third kappa shape index (κ3) is 4.18. The predicted molar refractivity (Wildman–Crippen MR) is 74.1 cm³/mol. The molecule has 0 amide bonds. The lowest BCUT2D eigenvalue weighted by Crippen LogP contribution is -2.53. The Hall–Kier alpha value is -0.610. The minimum absolute atomic E-state index is 0.294. The summed E-state index contributed by atoms with van der Waals surface area (Å²) in [6, 6.07) is 0. The summed E-state index contributed by atoms with van der Waals surface area (Å²) in [5, 5.41) is 19.2. The Morgan fingerprint density at radius 2 is 2.05 bits per heavy atom. The van der Waals surface area contributed by atoms with Crippen molar-refractivity contribution in [3.8, 4) is 0 Å². The Labute approximate surface area is 115 Å². The summed E-state index contributed by atoms with van der Waals surface area (Å²) < 4.78 is 0. The van der Waals surface area contributed by atoms with Crippen LogP contribution in [0, 0.1) is 5.92 Å². The van der Waals surface area contributed by atoms with E-state index in [1.165, 1.54) is 19.3 Å². The first-order valence-corrected chi connectivity index (χ1v) is 7.77. The molecule has 1 aliphatic heterocycles. The molecular formula is C15H27NO3. The number of likely N-dealkylation sites (tertiary alicyclic amines) is 1. The molecule has 1 saturated heterocycles. The predicted octanol–water partition coefficient (Wildman–Crippen LogP) is 2.26. The lowest BCUT2D eigenvalue weighted by atomic mass is 9.71. The molecule has 1 heterocycles. The minimum Gasteiger partial charge on any atom is -0.481 e. The van der Waals surface area contributed by atoms with E-state index in [4.69, 9.17) is 5.11 Å². The lowest BCUT2D eigenvalue weighted by molar-refractivity contribution is -0.137. The molecule has 0 aromatic heterocycles. The fraction of sp³-hybridized carbons (Fsp3) is 0.933. The zero-order valence-electron chi connectivity index (χ0n) is 11.8. The molecule has 0 bridgehead atoms. The second-order valence-electron chi connectivity index (χ2n) is 6.30. The van der Waals surface area contributed by atoms with Crippen LogP contribution in [0.4, 0.5) is 0 Å². The molecule has 2 aliphatic rings. The highest BCUT2D eigenvalue weighted by Crippen LogP contribution is 2.39. The molecule has 0 radical (unpaired) electrons. The summed E-state index contributed by atoms with van der Waals surface area (Å²) >= 11 is 0. The number of piperidine rings is 1. The molecule has 2 rings (SSSR count). The van der Waals surface area contributed by atoms with E-state index >= 15 is 0 Å². The van der Waals surface area contributed by atoms with E-state index in [2.05, 4.69) is 4.90 Å². The van der Waals surface area contributed by atoms with E-state index < -0.39 is 5.97 Å². The number of carboxylic acid groups (broad SMARTS) is 1. The van der Waals surface area contributed by atoms with Gasteiger partial charge >= 0.3 is 5.97 Å². The van der Waals surface area contributed by atoms with E-state index in [-0.39, 0.29) is 5.60 Å². The average molecular weight is 269 g/mol. The topological polar surface area (TPSA) is 60.8 Å².